The Morgan fingerprint density at radius 2 is 1.97 bits per heavy atom. The molecule has 0 aliphatic carbocycles. The molecule has 0 radical (unpaired) electrons. The van der Waals surface area contributed by atoms with Crippen LogP contribution in [0.4, 0.5) is 4.39 Å². The predicted molar refractivity (Wildman–Crippen MR) is 107 cm³/mol. The lowest BCUT2D eigenvalue weighted by Gasteiger charge is -2.02. The van der Waals surface area contributed by atoms with Gasteiger partial charge in [0.05, 0.1) is 0 Å². The molecule has 0 aliphatic heterocycles. The summed E-state index contributed by atoms with van der Waals surface area (Å²) in [6.07, 6.45) is 0. The number of thiazole rings is 1. The van der Waals surface area contributed by atoms with E-state index in [4.69, 9.17) is 25.6 Å². The van der Waals surface area contributed by atoms with Crippen molar-refractivity contribution in [2.45, 2.75) is 13.2 Å². The standard InChI is InChI=1S/C20H13ClFN3O4S/c21-13-3-1-2-12(8-13)19-23-16(11-30-19)20(26)28-10-18-24-17(25-29-18)9-27-15-6-4-14(22)5-7-15/h1-8,11H,9-10H2. The number of hydrogen-bond donors (Lipinski definition) is 0. The quantitative estimate of drug-likeness (QED) is 0.373. The molecule has 4 aromatic rings. The van der Waals surface area contributed by atoms with Crippen molar-refractivity contribution >= 4 is 28.9 Å². The van der Waals surface area contributed by atoms with Crippen molar-refractivity contribution in [1.29, 1.82) is 0 Å². The minimum atomic E-state index is -0.609. The molecule has 7 nitrogen and oxygen atoms in total. The van der Waals surface area contributed by atoms with Gasteiger partial charge in [-0.15, -0.1) is 11.3 Å². The van der Waals surface area contributed by atoms with Gasteiger partial charge in [0, 0.05) is 16.0 Å². The molecule has 4 rings (SSSR count). The summed E-state index contributed by atoms with van der Waals surface area (Å²) in [5.41, 5.74) is 0.989. The van der Waals surface area contributed by atoms with E-state index in [0.29, 0.717) is 15.8 Å². The maximum Gasteiger partial charge on any atom is 0.358 e. The smallest absolute Gasteiger partial charge is 0.358 e. The van der Waals surface area contributed by atoms with Crippen LogP contribution in [0.3, 0.4) is 0 Å². The number of halogens is 2. The van der Waals surface area contributed by atoms with Crippen LogP contribution in [0.2, 0.25) is 5.02 Å². The van der Waals surface area contributed by atoms with Gasteiger partial charge in [-0.1, -0.05) is 28.9 Å². The van der Waals surface area contributed by atoms with Crippen LogP contribution in [0.25, 0.3) is 10.6 Å². The Bertz CT molecular complexity index is 1160. The van der Waals surface area contributed by atoms with E-state index in [2.05, 4.69) is 15.1 Å². The molecule has 0 spiro atoms. The summed E-state index contributed by atoms with van der Waals surface area (Å²) in [5, 5.41) is 6.60. The van der Waals surface area contributed by atoms with Crippen LogP contribution in [-0.4, -0.2) is 21.1 Å². The number of nitrogens with zero attached hydrogens (tertiary/aromatic N) is 3. The SMILES string of the molecule is O=C(OCc1nc(COc2ccc(F)cc2)no1)c1csc(-c2cccc(Cl)c2)n1. The fourth-order valence-corrected chi connectivity index (χ4v) is 3.39. The van der Waals surface area contributed by atoms with Gasteiger partial charge in [0.15, 0.2) is 18.9 Å². The molecule has 10 heteroatoms. The molecule has 0 bridgehead atoms. The normalized spacial score (nSPS) is 10.7. The van der Waals surface area contributed by atoms with Crippen LogP contribution >= 0.6 is 22.9 Å². The highest BCUT2D eigenvalue weighted by atomic mass is 35.5. The van der Waals surface area contributed by atoms with Crippen LogP contribution in [-0.2, 0) is 18.0 Å². The molecule has 2 aromatic carbocycles. The maximum absolute atomic E-state index is 12.9. The summed E-state index contributed by atoms with van der Waals surface area (Å²) in [5.74, 6) is -0.116. The predicted octanol–water partition coefficient (Wildman–Crippen LogP) is 4.92. The van der Waals surface area contributed by atoms with Crippen molar-refractivity contribution in [1.82, 2.24) is 15.1 Å². The van der Waals surface area contributed by atoms with Gasteiger partial charge in [0.25, 0.3) is 5.89 Å². The summed E-state index contributed by atoms with van der Waals surface area (Å²) in [7, 11) is 0. The van der Waals surface area contributed by atoms with Crippen LogP contribution in [0.1, 0.15) is 22.2 Å². The Morgan fingerprint density at radius 1 is 1.13 bits per heavy atom. The van der Waals surface area contributed by atoms with Crippen molar-refractivity contribution < 1.29 is 23.2 Å². The Morgan fingerprint density at radius 3 is 2.77 bits per heavy atom. The third-order valence-electron chi connectivity index (χ3n) is 3.80. The zero-order chi connectivity index (χ0) is 20.9. The molecule has 0 atom stereocenters. The van der Waals surface area contributed by atoms with E-state index in [1.807, 2.05) is 12.1 Å². The van der Waals surface area contributed by atoms with E-state index in [9.17, 15) is 9.18 Å². The van der Waals surface area contributed by atoms with Gasteiger partial charge >= 0.3 is 5.97 Å². The van der Waals surface area contributed by atoms with Gasteiger partial charge in [-0.2, -0.15) is 4.98 Å². The van der Waals surface area contributed by atoms with E-state index >= 15 is 0 Å². The second-order valence-corrected chi connectivity index (χ2v) is 7.27. The average Bonchev–Trinajstić information content (AvgIpc) is 3.42. The molecule has 0 amide bonds. The Kier molecular flexibility index (Phi) is 6.01. The van der Waals surface area contributed by atoms with E-state index in [-0.39, 0.29) is 36.4 Å². The van der Waals surface area contributed by atoms with Crippen molar-refractivity contribution in [3.63, 3.8) is 0 Å². The van der Waals surface area contributed by atoms with Gasteiger partial charge < -0.3 is 14.0 Å². The molecule has 0 fully saturated rings. The molecule has 0 saturated heterocycles. The number of hydrogen-bond acceptors (Lipinski definition) is 8. The van der Waals surface area contributed by atoms with Gasteiger partial charge in [-0.05, 0) is 36.4 Å². The summed E-state index contributed by atoms with van der Waals surface area (Å²) in [6.45, 7) is -0.176. The van der Waals surface area contributed by atoms with E-state index in [0.717, 1.165) is 5.56 Å². The third-order valence-corrected chi connectivity index (χ3v) is 4.93. The molecule has 152 valence electrons. The zero-order valence-electron chi connectivity index (χ0n) is 15.2. The molecule has 0 unspecified atom stereocenters. The second-order valence-electron chi connectivity index (χ2n) is 5.97. The Hall–Kier alpha value is -3.30. The first-order valence-corrected chi connectivity index (χ1v) is 9.91. The van der Waals surface area contributed by atoms with Crippen LogP contribution in [0.15, 0.2) is 58.4 Å². The average molecular weight is 446 g/mol. The monoisotopic (exact) mass is 445 g/mol. The Labute approximate surface area is 179 Å². The first kappa shape index (κ1) is 20.0. The molecular weight excluding hydrogens is 433 g/mol. The first-order valence-electron chi connectivity index (χ1n) is 8.65. The number of rotatable bonds is 7. The third kappa shape index (κ3) is 5.00. The fraction of sp³-hybridized carbons (Fsp3) is 0.100. The second kappa shape index (κ2) is 9.02. The lowest BCUT2D eigenvalue weighted by Crippen LogP contribution is -2.06. The molecule has 2 aromatic heterocycles. The maximum atomic E-state index is 12.9. The van der Waals surface area contributed by atoms with Crippen molar-refractivity contribution in [3.05, 3.63) is 82.2 Å². The van der Waals surface area contributed by atoms with E-state index in [1.54, 1.807) is 17.5 Å². The highest BCUT2D eigenvalue weighted by Crippen LogP contribution is 2.26. The number of carbonyl (C=O) groups excluding carboxylic acids is 1. The molecule has 30 heavy (non-hydrogen) atoms. The van der Waals surface area contributed by atoms with Gasteiger partial charge in [-0.25, -0.2) is 14.2 Å². The highest BCUT2D eigenvalue weighted by Gasteiger charge is 2.16. The van der Waals surface area contributed by atoms with E-state index in [1.165, 1.54) is 35.6 Å². The minimum absolute atomic E-state index is 0.0260. The van der Waals surface area contributed by atoms with Gasteiger partial charge in [-0.3, -0.25) is 0 Å². The molecule has 2 heterocycles. The summed E-state index contributed by atoms with van der Waals surface area (Å²) >= 11 is 7.29. The number of aromatic nitrogens is 3. The highest BCUT2D eigenvalue weighted by molar-refractivity contribution is 7.13. The van der Waals surface area contributed by atoms with E-state index < -0.39 is 5.97 Å². The number of ether oxygens (including phenoxy) is 2. The molecular formula is C20H13ClFN3O4S. The topological polar surface area (TPSA) is 87.3 Å². The molecule has 0 aliphatic rings. The number of benzene rings is 2. The van der Waals surface area contributed by atoms with Crippen molar-refractivity contribution in [2.75, 3.05) is 0 Å². The first-order chi connectivity index (χ1) is 14.6. The number of carbonyl (C=O) groups is 1. The molecule has 0 saturated carbocycles. The lowest BCUT2D eigenvalue weighted by atomic mass is 10.2. The van der Waals surface area contributed by atoms with Gasteiger partial charge in [0.1, 0.15) is 16.6 Å². The van der Waals surface area contributed by atoms with Crippen LogP contribution < -0.4 is 4.74 Å². The lowest BCUT2D eigenvalue weighted by molar-refractivity contribution is 0.0424. The molecule has 0 N–H and O–H groups in total. The van der Waals surface area contributed by atoms with Crippen LogP contribution in [0, 0.1) is 5.82 Å². The van der Waals surface area contributed by atoms with Crippen molar-refractivity contribution in [3.8, 4) is 16.3 Å². The van der Waals surface area contributed by atoms with Crippen molar-refractivity contribution in [2.24, 2.45) is 0 Å². The summed E-state index contributed by atoms with van der Waals surface area (Å²) in [6, 6.07) is 12.7. The summed E-state index contributed by atoms with van der Waals surface area (Å²) < 4.78 is 28.5. The Balaban J connectivity index is 1.31. The minimum Gasteiger partial charge on any atom is -0.485 e. The van der Waals surface area contributed by atoms with Gasteiger partial charge in [0.2, 0.25) is 5.82 Å². The number of esters is 1. The largest absolute Gasteiger partial charge is 0.485 e. The fourth-order valence-electron chi connectivity index (χ4n) is 2.41. The van der Waals surface area contributed by atoms with Crippen LogP contribution in [0.5, 0.6) is 5.75 Å². The summed E-state index contributed by atoms with van der Waals surface area (Å²) in [4.78, 5) is 20.6. The zero-order valence-corrected chi connectivity index (χ0v) is 16.8.